The highest BCUT2D eigenvalue weighted by Crippen LogP contribution is 2.57. The van der Waals surface area contributed by atoms with Crippen LogP contribution in [0.1, 0.15) is 194 Å². The van der Waals surface area contributed by atoms with E-state index in [4.69, 9.17) is 1.37 Å². The molecule has 5 aliphatic rings. The van der Waals surface area contributed by atoms with Crippen LogP contribution in [0.5, 0.6) is 0 Å². The van der Waals surface area contributed by atoms with Crippen LogP contribution in [-0.2, 0) is 37.9 Å². The standard InChI is InChI=1S/C73H82BN3S/c1-45-37-53-56(72(13,14)35-33-69(53,7)8)43-60(45)77-59-30-27-46(67(2,3)4)38-58(59)74-64-61(40-50(41-62(64)77)75(47-23-19-17-20-24-47)48-25-21-18-22-26-48)76(49-28-29-52-54(39-49)70(9,10)32-31-68(52,5)6)65-51-42-55-57(44-63(51)78-66(65)74)73(15,16)36-34-71(55,11)12/h17-30,37-44H,31-36H2,1-16H3/i17D,19D,20D,23D,24D. The van der Waals surface area contributed by atoms with Gasteiger partial charge in [0.05, 0.1) is 18.2 Å². The Kier molecular flexibility index (Phi) is 9.98. The minimum Gasteiger partial charge on any atom is -0.311 e. The molecule has 78 heavy (non-hydrogen) atoms. The minimum absolute atomic E-state index is 0.000236. The van der Waals surface area contributed by atoms with Gasteiger partial charge in [-0.3, -0.25) is 0 Å². The molecule has 5 heteroatoms. The van der Waals surface area contributed by atoms with Crippen LogP contribution in [0.15, 0.2) is 133 Å². The molecular weight excluding hydrogens is 962 g/mol. The van der Waals surface area contributed by atoms with Crippen molar-refractivity contribution in [2.75, 3.05) is 14.7 Å². The summed E-state index contributed by atoms with van der Waals surface area (Å²) in [5.74, 6) is 0. The first-order valence-corrected chi connectivity index (χ1v) is 29.8. The molecule has 0 saturated carbocycles. The summed E-state index contributed by atoms with van der Waals surface area (Å²) < 4.78 is 49.2. The molecule has 8 aromatic rings. The van der Waals surface area contributed by atoms with Crippen molar-refractivity contribution in [1.82, 2.24) is 0 Å². The second kappa shape index (κ2) is 17.0. The van der Waals surface area contributed by atoms with E-state index in [0.717, 1.165) is 67.0 Å². The number of aryl methyl sites for hydroxylation is 1. The topological polar surface area (TPSA) is 9.72 Å². The summed E-state index contributed by atoms with van der Waals surface area (Å²) in [4.78, 5) is 7.09. The van der Waals surface area contributed by atoms with E-state index < -0.39 is 6.04 Å². The lowest BCUT2D eigenvalue weighted by molar-refractivity contribution is 0.332. The molecule has 0 spiro atoms. The van der Waals surface area contributed by atoms with Crippen LogP contribution in [0.25, 0.3) is 10.1 Å². The van der Waals surface area contributed by atoms with Gasteiger partial charge in [-0.25, -0.2) is 0 Å². The number of fused-ring (bicyclic) bond motifs is 9. The van der Waals surface area contributed by atoms with Crippen molar-refractivity contribution in [2.24, 2.45) is 0 Å². The first kappa shape index (κ1) is 45.8. The highest BCUT2D eigenvalue weighted by Gasteiger charge is 2.49. The van der Waals surface area contributed by atoms with Gasteiger partial charge in [0.1, 0.15) is 0 Å². The average molecular weight is 1050 g/mol. The average Bonchev–Trinajstić information content (AvgIpc) is 1.98. The first-order chi connectivity index (χ1) is 38.7. The summed E-state index contributed by atoms with van der Waals surface area (Å²) in [5.41, 5.74) is 21.1. The predicted octanol–water partition coefficient (Wildman–Crippen LogP) is 19.1. The maximum Gasteiger partial charge on any atom is 0.264 e. The number of nitrogens with zero attached hydrogens (tertiary/aromatic N) is 3. The Morgan fingerprint density at radius 3 is 1.64 bits per heavy atom. The number of para-hydroxylation sites is 2. The lowest BCUT2D eigenvalue weighted by atomic mass is 9.36. The molecule has 398 valence electrons. The van der Waals surface area contributed by atoms with Crippen molar-refractivity contribution in [3.63, 3.8) is 0 Å². The highest BCUT2D eigenvalue weighted by molar-refractivity contribution is 7.33. The summed E-state index contributed by atoms with van der Waals surface area (Å²) in [6, 6.07) is 37.6. The second-order valence-corrected chi connectivity index (χ2v) is 30.2. The van der Waals surface area contributed by atoms with Crippen molar-refractivity contribution in [3.8, 4) is 0 Å². The number of hydrogen-bond donors (Lipinski definition) is 0. The minimum atomic E-state index is -0.415. The molecule has 0 saturated heterocycles. The van der Waals surface area contributed by atoms with Gasteiger partial charge in [0.2, 0.25) is 0 Å². The second-order valence-electron chi connectivity index (χ2n) is 29.1. The molecule has 0 fully saturated rings. The van der Waals surface area contributed by atoms with Gasteiger partial charge < -0.3 is 14.7 Å². The Labute approximate surface area is 479 Å². The lowest BCUT2D eigenvalue weighted by Gasteiger charge is -2.47. The molecule has 2 aliphatic heterocycles. The fourth-order valence-electron chi connectivity index (χ4n) is 14.7. The van der Waals surface area contributed by atoms with Crippen LogP contribution in [0, 0.1) is 6.92 Å². The van der Waals surface area contributed by atoms with Gasteiger partial charge in [-0.15, -0.1) is 11.3 Å². The number of hydrogen-bond acceptors (Lipinski definition) is 4. The fraction of sp³-hybridized carbons (Fsp3) is 0.397. The van der Waals surface area contributed by atoms with Gasteiger partial charge >= 0.3 is 0 Å². The Balaban J connectivity index is 1.23. The van der Waals surface area contributed by atoms with Crippen LogP contribution < -0.4 is 30.4 Å². The molecule has 3 heterocycles. The van der Waals surface area contributed by atoms with Crippen molar-refractivity contribution in [2.45, 2.75) is 187 Å². The van der Waals surface area contributed by atoms with E-state index in [-0.39, 0.29) is 74.5 Å². The van der Waals surface area contributed by atoms with Crippen LogP contribution in [0.4, 0.5) is 51.2 Å². The van der Waals surface area contributed by atoms with E-state index in [9.17, 15) is 5.48 Å². The number of benzene rings is 7. The molecule has 13 rings (SSSR count). The molecule has 0 atom stereocenters. The fourth-order valence-corrected chi connectivity index (χ4v) is 16.0. The smallest absolute Gasteiger partial charge is 0.264 e. The molecule has 0 unspecified atom stereocenters. The molecule has 0 N–H and O–H groups in total. The lowest BCUT2D eigenvalue weighted by Crippen LogP contribution is -2.60. The van der Waals surface area contributed by atoms with Crippen molar-refractivity contribution in [1.29, 1.82) is 0 Å². The van der Waals surface area contributed by atoms with Crippen LogP contribution in [0.3, 0.4) is 0 Å². The van der Waals surface area contributed by atoms with E-state index >= 15 is 0 Å². The summed E-state index contributed by atoms with van der Waals surface area (Å²) >= 11 is 1.97. The SMILES string of the molecule is [2H]c1c([2H])c([2H])c(N(c2ccccc2)c2cc3c4c(c2)N(c2ccc5c(c2)C(C)(C)CCC5(C)C)c2c(sc5cc6c(cc25)C(C)(C)CCC6(C)C)B4c2cc(C(C)(C)C)ccc2N3c2cc3c(cc2C)C(C)(C)CCC3(C)C)c([2H])c1[2H]. The zero-order chi connectivity index (χ0) is 59.4. The summed E-state index contributed by atoms with van der Waals surface area (Å²) in [6.45, 7) is 38.1. The normalized spacial score (nSPS) is 20.4. The molecule has 1 aromatic heterocycles. The summed E-state index contributed by atoms with van der Waals surface area (Å²) in [6.07, 6.45) is 6.60. The first-order valence-electron chi connectivity index (χ1n) is 31.5. The van der Waals surface area contributed by atoms with Crippen LogP contribution in [-0.4, -0.2) is 6.71 Å². The number of thiophene rings is 1. The Bertz CT molecular complexity index is 4050. The highest BCUT2D eigenvalue weighted by atomic mass is 32.1. The molecule has 7 aromatic carbocycles. The van der Waals surface area contributed by atoms with Gasteiger partial charge in [0.15, 0.2) is 0 Å². The predicted molar refractivity (Wildman–Crippen MR) is 340 cm³/mol. The zero-order valence-electron chi connectivity index (χ0n) is 54.4. The van der Waals surface area contributed by atoms with Gasteiger partial charge in [-0.05, 0) is 212 Å². The third-order valence-electron chi connectivity index (χ3n) is 20.0. The van der Waals surface area contributed by atoms with Crippen molar-refractivity contribution >= 4 is 95.0 Å². The van der Waals surface area contributed by atoms with Crippen LogP contribution in [0.2, 0.25) is 0 Å². The molecule has 0 radical (unpaired) electrons. The largest absolute Gasteiger partial charge is 0.311 e. The third kappa shape index (κ3) is 7.77. The van der Waals surface area contributed by atoms with Gasteiger partial charge in [0.25, 0.3) is 6.71 Å². The van der Waals surface area contributed by atoms with Crippen molar-refractivity contribution in [3.05, 3.63) is 178 Å². The van der Waals surface area contributed by atoms with Crippen molar-refractivity contribution < 1.29 is 6.85 Å². The monoisotopic (exact) mass is 1050 g/mol. The maximum absolute atomic E-state index is 9.72. The van der Waals surface area contributed by atoms with E-state index in [1.165, 1.54) is 76.0 Å². The van der Waals surface area contributed by atoms with E-state index in [0.29, 0.717) is 11.4 Å². The molecular formula is C73H82BN3S. The molecule has 3 nitrogen and oxygen atoms in total. The summed E-state index contributed by atoms with van der Waals surface area (Å²) in [7, 11) is 0. The number of rotatable bonds is 5. The molecule has 3 aliphatic carbocycles. The van der Waals surface area contributed by atoms with E-state index in [1.54, 1.807) is 0 Å². The Morgan fingerprint density at radius 2 is 1.04 bits per heavy atom. The summed E-state index contributed by atoms with van der Waals surface area (Å²) in [5, 5.41) is 1.25. The van der Waals surface area contributed by atoms with Gasteiger partial charge in [-0.1, -0.05) is 164 Å². The van der Waals surface area contributed by atoms with Gasteiger partial charge in [0, 0.05) is 54.7 Å². The third-order valence-corrected chi connectivity index (χ3v) is 21.2. The number of anilines is 9. The van der Waals surface area contributed by atoms with E-state index in [1.807, 2.05) is 46.6 Å². The van der Waals surface area contributed by atoms with E-state index in [2.05, 4.69) is 193 Å². The zero-order valence-corrected chi connectivity index (χ0v) is 50.2. The molecule has 0 bridgehead atoms. The maximum atomic E-state index is 9.72. The molecule has 0 amide bonds. The van der Waals surface area contributed by atoms with Gasteiger partial charge in [-0.2, -0.15) is 0 Å². The van der Waals surface area contributed by atoms with Crippen LogP contribution >= 0.6 is 11.3 Å². The quantitative estimate of drug-likeness (QED) is 0.159. The Morgan fingerprint density at radius 1 is 0.500 bits per heavy atom. The Hall–Kier alpha value is -6.04.